The van der Waals surface area contributed by atoms with E-state index in [1.165, 1.54) is 22.5 Å². The lowest BCUT2D eigenvalue weighted by atomic mass is 10.0. The van der Waals surface area contributed by atoms with Crippen LogP contribution in [0.25, 0.3) is 0 Å². The highest BCUT2D eigenvalue weighted by atomic mass is 32.2. The van der Waals surface area contributed by atoms with Gasteiger partial charge in [-0.25, -0.2) is 4.79 Å². The van der Waals surface area contributed by atoms with E-state index in [4.69, 9.17) is 4.84 Å². The first-order valence-corrected chi connectivity index (χ1v) is 13.1. The Bertz CT molecular complexity index is 1080. The Morgan fingerprint density at radius 3 is 2.51 bits per heavy atom. The molecule has 14 heteroatoms. The molecule has 0 aliphatic carbocycles. The Balaban J connectivity index is 1.19. The number of unbranched alkanes of at least 4 members (excludes halogenated alkanes) is 2. The number of carbonyl (C=O) groups is 2. The molecule has 3 aliphatic heterocycles. The number of urea groups is 1. The standard InChI is InChI=1S/C21H30N6O7S/c1-15-17(23-21(29)22-15)8-3-2-4-10-19(28)24-11-13-25(14-12-24)35(32,33)27-20(34-27)16-7-5-6-9-18(16)26(30)31/h5-7,9,15,17,20H,2-4,8,10-14H2,1H3,(H2,22,23,29)/t15-,17+,20?,27?/m0/s1. The molecule has 1 aromatic carbocycles. The number of carbonyl (C=O) groups excluding carboxylic acids is 2. The van der Waals surface area contributed by atoms with Crippen LogP contribution in [-0.4, -0.2) is 77.2 Å². The number of nitro groups is 1. The van der Waals surface area contributed by atoms with Gasteiger partial charge in [-0.1, -0.05) is 25.0 Å². The maximum absolute atomic E-state index is 12.9. The Hall–Kier alpha value is -2.81. The van der Waals surface area contributed by atoms with Crippen LogP contribution in [0.4, 0.5) is 10.5 Å². The van der Waals surface area contributed by atoms with E-state index < -0.39 is 21.4 Å². The molecule has 0 saturated carbocycles. The molecule has 0 aromatic heterocycles. The van der Waals surface area contributed by atoms with Gasteiger partial charge in [-0.05, 0) is 30.3 Å². The van der Waals surface area contributed by atoms with Gasteiger partial charge in [0.15, 0.2) is 0 Å². The van der Waals surface area contributed by atoms with Crippen molar-refractivity contribution < 1.29 is 27.8 Å². The van der Waals surface area contributed by atoms with Gasteiger partial charge in [-0.15, -0.1) is 0 Å². The van der Waals surface area contributed by atoms with Gasteiger partial charge in [-0.3, -0.25) is 19.7 Å². The summed E-state index contributed by atoms with van der Waals surface area (Å²) in [6, 6.07) is 5.95. The Labute approximate surface area is 203 Å². The van der Waals surface area contributed by atoms with Crippen LogP contribution in [-0.2, 0) is 19.8 Å². The number of benzene rings is 1. The summed E-state index contributed by atoms with van der Waals surface area (Å²) in [7, 11) is -3.97. The Morgan fingerprint density at radius 2 is 1.86 bits per heavy atom. The third kappa shape index (κ3) is 5.72. The summed E-state index contributed by atoms with van der Waals surface area (Å²) < 4.78 is 27.8. The smallest absolute Gasteiger partial charge is 0.315 e. The molecule has 2 N–H and O–H groups in total. The van der Waals surface area contributed by atoms with E-state index in [0.29, 0.717) is 6.42 Å². The summed E-state index contributed by atoms with van der Waals surface area (Å²) in [5.41, 5.74) is -0.0271. The van der Waals surface area contributed by atoms with Crippen LogP contribution >= 0.6 is 0 Å². The molecule has 1 aromatic rings. The normalized spacial score (nSPS) is 26.8. The third-order valence-electron chi connectivity index (χ3n) is 6.58. The lowest BCUT2D eigenvalue weighted by Crippen LogP contribution is -2.51. The second-order valence-corrected chi connectivity index (χ2v) is 10.7. The molecule has 192 valence electrons. The zero-order valence-electron chi connectivity index (χ0n) is 19.5. The molecule has 2 unspecified atom stereocenters. The molecule has 3 heterocycles. The van der Waals surface area contributed by atoms with E-state index in [1.807, 2.05) is 6.92 Å². The average molecular weight is 511 g/mol. The zero-order chi connectivity index (χ0) is 25.2. The van der Waals surface area contributed by atoms with E-state index >= 15 is 0 Å². The minimum absolute atomic E-state index is 0.00739. The van der Waals surface area contributed by atoms with Gasteiger partial charge >= 0.3 is 16.2 Å². The van der Waals surface area contributed by atoms with Crippen molar-refractivity contribution in [1.29, 1.82) is 0 Å². The highest BCUT2D eigenvalue weighted by molar-refractivity contribution is 7.86. The lowest BCUT2D eigenvalue weighted by molar-refractivity contribution is -0.385. The van der Waals surface area contributed by atoms with Gasteiger partial charge in [0.2, 0.25) is 12.1 Å². The van der Waals surface area contributed by atoms with Gasteiger partial charge < -0.3 is 15.5 Å². The van der Waals surface area contributed by atoms with E-state index in [9.17, 15) is 28.1 Å². The van der Waals surface area contributed by atoms with E-state index in [0.717, 1.165) is 30.2 Å². The number of rotatable bonds is 10. The Morgan fingerprint density at radius 1 is 1.14 bits per heavy atom. The number of para-hydroxylation sites is 1. The van der Waals surface area contributed by atoms with Crippen LogP contribution in [0.5, 0.6) is 0 Å². The van der Waals surface area contributed by atoms with Crippen molar-refractivity contribution in [3.05, 3.63) is 39.9 Å². The molecule has 3 amide bonds. The first-order chi connectivity index (χ1) is 16.7. The topological polar surface area (TPSA) is 158 Å². The number of piperazine rings is 1. The van der Waals surface area contributed by atoms with E-state index in [-0.39, 0.29) is 61.5 Å². The summed E-state index contributed by atoms with van der Waals surface area (Å²) in [6.07, 6.45) is 2.74. The highest BCUT2D eigenvalue weighted by Gasteiger charge is 2.53. The fourth-order valence-electron chi connectivity index (χ4n) is 4.50. The monoisotopic (exact) mass is 510 g/mol. The number of nitrogens with one attached hydrogen (secondary N) is 2. The number of nitro benzene ring substituents is 1. The van der Waals surface area contributed by atoms with Gasteiger partial charge in [0.25, 0.3) is 5.69 Å². The van der Waals surface area contributed by atoms with Gasteiger partial charge in [0, 0.05) is 44.7 Å². The number of amides is 3. The van der Waals surface area contributed by atoms with Crippen LogP contribution in [0.1, 0.15) is 50.8 Å². The predicted octanol–water partition coefficient (Wildman–Crippen LogP) is 1.25. The SMILES string of the molecule is C[C@@H]1NC(=O)N[C@@H]1CCCCCC(=O)N1CCN(S(=O)(=O)N2OC2c2ccccc2[N+](=O)[O-])CC1. The fraction of sp³-hybridized carbons (Fsp3) is 0.619. The van der Waals surface area contributed by atoms with Crippen molar-refractivity contribution >= 4 is 27.8 Å². The van der Waals surface area contributed by atoms with Crippen LogP contribution < -0.4 is 10.6 Å². The summed E-state index contributed by atoms with van der Waals surface area (Å²) in [4.78, 5) is 41.4. The zero-order valence-corrected chi connectivity index (χ0v) is 20.3. The first-order valence-electron chi connectivity index (χ1n) is 11.7. The highest BCUT2D eigenvalue weighted by Crippen LogP contribution is 2.44. The summed E-state index contributed by atoms with van der Waals surface area (Å²) >= 11 is 0. The van der Waals surface area contributed by atoms with E-state index in [2.05, 4.69) is 10.6 Å². The second kappa shape index (κ2) is 10.4. The van der Waals surface area contributed by atoms with Crippen molar-refractivity contribution in [3.63, 3.8) is 0 Å². The number of hydroxylamine groups is 1. The molecule has 13 nitrogen and oxygen atoms in total. The molecule has 4 atom stereocenters. The van der Waals surface area contributed by atoms with Gasteiger partial charge in [-0.2, -0.15) is 12.7 Å². The summed E-state index contributed by atoms with van der Waals surface area (Å²) in [6.45, 7) is 2.77. The van der Waals surface area contributed by atoms with Crippen molar-refractivity contribution in [2.45, 2.75) is 57.3 Å². The van der Waals surface area contributed by atoms with Crippen molar-refractivity contribution in [3.8, 4) is 0 Å². The van der Waals surface area contributed by atoms with Gasteiger partial charge in [0.1, 0.15) is 0 Å². The largest absolute Gasteiger partial charge is 0.340 e. The van der Waals surface area contributed by atoms with E-state index in [1.54, 1.807) is 11.0 Å². The number of hydrogen-bond acceptors (Lipinski definition) is 7. The molecule has 0 bridgehead atoms. The third-order valence-corrected chi connectivity index (χ3v) is 8.33. The maximum Gasteiger partial charge on any atom is 0.315 e. The molecule has 4 rings (SSSR count). The first kappa shape index (κ1) is 25.3. The fourth-order valence-corrected chi connectivity index (χ4v) is 5.90. The average Bonchev–Trinajstić information content (AvgIpc) is 3.58. The second-order valence-electron chi connectivity index (χ2n) is 8.93. The molecular weight excluding hydrogens is 480 g/mol. The van der Waals surface area contributed by atoms with Crippen LogP contribution in [0.3, 0.4) is 0 Å². The minimum atomic E-state index is -3.97. The summed E-state index contributed by atoms with van der Waals surface area (Å²) in [5, 5.41) is 16.9. The number of nitrogens with zero attached hydrogens (tertiary/aromatic N) is 4. The maximum atomic E-state index is 12.9. The molecule has 3 aliphatic rings. The van der Waals surface area contributed by atoms with Crippen LogP contribution in [0.2, 0.25) is 0 Å². The van der Waals surface area contributed by atoms with Crippen molar-refractivity contribution in [1.82, 2.24) is 24.3 Å². The molecule has 0 radical (unpaired) electrons. The van der Waals surface area contributed by atoms with Crippen molar-refractivity contribution in [2.75, 3.05) is 26.2 Å². The van der Waals surface area contributed by atoms with Crippen molar-refractivity contribution in [2.24, 2.45) is 0 Å². The predicted molar refractivity (Wildman–Crippen MR) is 124 cm³/mol. The minimum Gasteiger partial charge on any atom is -0.340 e. The molecule has 3 fully saturated rings. The quantitative estimate of drug-likeness (QED) is 0.207. The molecule has 3 saturated heterocycles. The van der Waals surface area contributed by atoms with Gasteiger partial charge in [0.05, 0.1) is 16.5 Å². The lowest BCUT2D eigenvalue weighted by Gasteiger charge is -2.33. The molecule has 35 heavy (non-hydrogen) atoms. The van der Waals surface area contributed by atoms with Crippen LogP contribution in [0.15, 0.2) is 24.3 Å². The summed E-state index contributed by atoms with van der Waals surface area (Å²) in [5.74, 6) is -0.00739. The molecular formula is C21H30N6O7S. The molecule has 0 spiro atoms. The van der Waals surface area contributed by atoms with Crippen LogP contribution in [0, 0.1) is 10.1 Å². The Kier molecular flexibility index (Phi) is 7.54. The number of hydrogen-bond donors (Lipinski definition) is 2.